The number of hydrogen-bond donors (Lipinski definition) is 0. The molecule has 2 unspecified atom stereocenters. The fraction of sp³-hybridized carbons (Fsp3) is 0.818. The van der Waals surface area contributed by atoms with Crippen LogP contribution in [0.15, 0.2) is 0 Å². The predicted octanol–water partition coefficient (Wildman–Crippen LogP) is 1.17. The van der Waals surface area contributed by atoms with Crippen molar-refractivity contribution < 1.29 is 9.53 Å². The summed E-state index contributed by atoms with van der Waals surface area (Å²) in [6.45, 7) is 5.53. The molecule has 0 aromatic rings. The molecule has 1 aliphatic heterocycles. The SMILES string of the molecule is CCCC(C)C(=O)N1CCOC(C#N)C1. The highest BCUT2D eigenvalue weighted by Gasteiger charge is 2.26. The number of hydrogen-bond acceptors (Lipinski definition) is 3. The van der Waals surface area contributed by atoms with Gasteiger partial charge in [-0.05, 0) is 6.42 Å². The molecule has 1 saturated heterocycles. The number of nitriles is 1. The van der Waals surface area contributed by atoms with Gasteiger partial charge in [0.1, 0.15) is 0 Å². The van der Waals surface area contributed by atoms with E-state index < -0.39 is 6.10 Å². The van der Waals surface area contributed by atoms with Gasteiger partial charge in [0.05, 0.1) is 19.2 Å². The number of carbonyl (C=O) groups is 1. The second-order valence-electron chi connectivity index (χ2n) is 3.96. The van der Waals surface area contributed by atoms with Crippen LogP contribution < -0.4 is 0 Å². The summed E-state index contributed by atoms with van der Waals surface area (Å²) in [5.41, 5.74) is 0. The van der Waals surface area contributed by atoms with Gasteiger partial charge in [-0.25, -0.2) is 0 Å². The lowest BCUT2D eigenvalue weighted by molar-refractivity contribution is -0.141. The first kappa shape index (κ1) is 12.0. The molecule has 1 rings (SSSR count). The van der Waals surface area contributed by atoms with Gasteiger partial charge in [0, 0.05) is 12.5 Å². The first-order chi connectivity index (χ1) is 7.19. The topological polar surface area (TPSA) is 53.3 Å². The van der Waals surface area contributed by atoms with Crippen LogP contribution in [-0.2, 0) is 9.53 Å². The van der Waals surface area contributed by atoms with E-state index in [2.05, 4.69) is 6.92 Å². The molecule has 0 aromatic heterocycles. The summed E-state index contributed by atoms with van der Waals surface area (Å²) in [6.07, 6.45) is 1.48. The largest absolute Gasteiger partial charge is 0.360 e. The third-order valence-electron chi connectivity index (χ3n) is 2.67. The van der Waals surface area contributed by atoms with E-state index in [-0.39, 0.29) is 11.8 Å². The molecule has 0 bridgehead atoms. The van der Waals surface area contributed by atoms with E-state index in [0.717, 1.165) is 12.8 Å². The van der Waals surface area contributed by atoms with Crippen molar-refractivity contribution in [2.45, 2.75) is 32.8 Å². The van der Waals surface area contributed by atoms with E-state index in [4.69, 9.17) is 10.00 Å². The molecular formula is C11H18N2O2. The van der Waals surface area contributed by atoms with Crippen molar-refractivity contribution in [3.05, 3.63) is 0 Å². The highest BCUT2D eigenvalue weighted by molar-refractivity contribution is 5.78. The molecule has 2 atom stereocenters. The number of morpholine rings is 1. The summed E-state index contributed by atoms with van der Waals surface area (Å²) in [6, 6.07) is 2.04. The normalized spacial score (nSPS) is 23.3. The lowest BCUT2D eigenvalue weighted by Crippen LogP contribution is -2.47. The van der Waals surface area contributed by atoms with E-state index in [9.17, 15) is 4.79 Å². The Kier molecular flexibility index (Phi) is 4.57. The predicted molar refractivity (Wildman–Crippen MR) is 56.0 cm³/mol. The zero-order valence-electron chi connectivity index (χ0n) is 9.40. The van der Waals surface area contributed by atoms with Crippen molar-refractivity contribution in [3.8, 4) is 6.07 Å². The van der Waals surface area contributed by atoms with Crippen molar-refractivity contribution in [1.82, 2.24) is 4.90 Å². The van der Waals surface area contributed by atoms with Crippen LogP contribution in [0.25, 0.3) is 0 Å². The second-order valence-corrected chi connectivity index (χ2v) is 3.96. The lowest BCUT2D eigenvalue weighted by Gasteiger charge is -2.31. The number of nitrogens with zero attached hydrogens (tertiary/aromatic N) is 2. The van der Waals surface area contributed by atoms with E-state index in [1.807, 2.05) is 13.0 Å². The number of amides is 1. The summed E-state index contributed by atoms with van der Waals surface area (Å²) in [5, 5.41) is 8.72. The number of ether oxygens (including phenoxy) is 1. The van der Waals surface area contributed by atoms with Gasteiger partial charge in [0.2, 0.25) is 5.91 Å². The maximum absolute atomic E-state index is 11.9. The van der Waals surface area contributed by atoms with Gasteiger partial charge in [-0.15, -0.1) is 0 Å². The van der Waals surface area contributed by atoms with Crippen molar-refractivity contribution in [2.24, 2.45) is 5.92 Å². The molecule has 1 amide bonds. The molecule has 0 radical (unpaired) electrons. The van der Waals surface area contributed by atoms with E-state index in [1.54, 1.807) is 4.90 Å². The zero-order chi connectivity index (χ0) is 11.3. The third-order valence-corrected chi connectivity index (χ3v) is 2.67. The molecule has 4 nitrogen and oxygen atoms in total. The van der Waals surface area contributed by atoms with Crippen molar-refractivity contribution >= 4 is 5.91 Å². The van der Waals surface area contributed by atoms with Gasteiger partial charge in [0.15, 0.2) is 6.10 Å². The minimum atomic E-state index is -0.448. The Bertz CT molecular complexity index is 260. The molecular weight excluding hydrogens is 192 g/mol. The molecule has 0 N–H and O–H groups in total. The summed E-state index contributed by atoms with van der Waals surface area (Å²) < 4.78 is 5.19. The average molecular weight is 210 g/mol. The number of rotatable bonds is 3. The molecule has 0 aliphatic carbocycles. The second kappa shape index (κ2) is 5.72. The average Bonchev–Trinajstić information content (AvgIpc) is 2.28. The Morgan fingerprint density at radius 3 is 3.07 bits per heavy atom. The first-order valence-corrected chi connectivity index (χ1v) is 5.49. The standard InChI is InChI=1S/C11H18N2O2/c1-3-4-9(2)11(14)13-5-6-15-10(7-12)8-13/h9-10H,3-6,8H2,1-2H3. The smallest absolute Gasteiger partial charge is 0.225 e. The van der Waals surface area contributed by atoms with Crippen LogP contribution in [0.4, 0.5) is 0 Å². The van der Waals surface area contributed by atoms with Gasteiger partial charge < -0.3 is 9.64 Å². The molecule has 1 aliphatic rings. The van der Waals surface area contributed by atoms with E-state index >= 15 is 0 Å². The Labute approximate surface area is 90.8 Å². The fourth-order valence-corrected chi connectivity index (χ4v) is 1.80. The third kappa shape index (κ3) is 3.21. The van der Waals surface area contributed by atoms with E-state index in [0.29, 0.717) is 19.7 Å². The monoisotopic (exact) mass is 210 g/mol. The molecule has 0 spiro atoms. The van der Waals surface area contributed by atoms with Crippen LogP contribution in [0.1, 0.15) is 26.7 Å². The summed E-state index contributed by atoms with van der Waals surface area (Å²) >= 11 is 0. The fourth-order valence-electron chi connectivity index (χ4n) is 1.80. The highest BCUT2D eigenvalue weighted by Crippen LogP contribution is 2.13. The Balaban J connectivity index is 2.49. The maximum atomic E-state index is 11.9. The highest BCUT2D eigenvalue weighted by atomic mass is 16.5. The van der Waals surface area contributed by atoms with Gasteiger partial charge in [-0.2, -0.15) is 5.26 Å². The molecule has 4 heteroatoms. The summed E-state index contributed by atoms with van der Waals surface area (Å²) in [4.78, 5) is 13.7. The summed E-state index contributed by atoms with van der Waals surface area (Å²) in [7, 11) is 0. The van der Waals surface area contributed by atoms with Gasteiger partial charge in [0.25, 0.3) is 0 Å². The van der Waals surface area contributed by atoms with Gasteiger partial charge in [-0.3, -0.25) is 4.79 Å². The van der Waals surface area contributed by atoms with Gasteiger partial charge >= 0.3 is 0 Å². The van der Waals surface area contributed by atoms with Gasteiger partial charge in [-0.1, -0.05) is 20.3 Å². The van der Waals surface area contributed by atoms with Crippen LogP contribution in [0.5, 0.6) is 0 Å². The Morgan fingerprint density at radius 1 is 1.73 bits per heavy atom. The van der Waals surface area contributed by atoms with Crippen molar-refractivity contribution in [3.63, 3.8) is 0 Å². The van der Waals surface area contributed by atoms with E-state index in [1.165, 1.54) is 0 Å². The quantitative estimate of drug-likeness (QED) is 0.702. The van der Waals surface area contributed by atoms with Crippen molar-refractivity contribution in [1.29, 1.82) is 5.26 Å². The molecule has 1 heterocycles. The van der Waals surface area contributed by atoms with Crippen LogP contribution >= 0.6 is 0 Å². The van der Waals surface area contributed by atoms with Crippen LogP contribution in [0.2, 0.25) is 0 Å². The molecule has 0 aromatic carbocycles. The minimum absolute atomic E-state index is 0.0624. The van der Waals surface area contributed by atoms with Crippen LogP contribution in [-0.4, -0.2) is 36.6 Å². The summed E-state index contributed by atoms with van der Waals surface area (Å²) in [5.74, 6) is 0.216. The molecule has 0 saturated carbocycles. The first-order valence-electron chi connectivity index (χ1n) is 5.49. The Hall–Kier alpha value is -1.08. The Morgan fingerprint density at radius 2 is 2.47 bits per heavy atom. The minimum Gasteiger partial charge on any atom is -0.360 e. The molecule has 84 valence electrons. The van der Waals surface area contributed by atoms with Crippen LogP contribution in [0.3, 0.4) is 0 Å². The molecule has 1 fully saturated rings. The number of carbonyl (C=O) groups excluding carboxylic acids is 1. The zero-order valence-corrected chi connectivity index (χ0v) is 9.40. The lowest BCUT2D eigenvalue weighted by atomic mass is 10.0. The maximum Gasteiger partial charge on any atom is 0.225 e. The van der Waals surface area contributed by atoms with Crippen LogP contribution in [0, 0.1) is 17.2 Å². The van der Waals surface area contributed by atoms with Crippen molar-refractivity contribution in [2.75, 3.05) is 19.7 Å². The molecule has 15 heavy (non-hydrogen) atoms.